The SMILES string of the molecule is Cl.Cl.O=C(O)C(CO)(c1ccccc1)n1cncn1. The number of benzene rings is 1. The Bertz CT molecular complexity index is 507. The van der Waals surface area contributed by atoms with Gasteiger partial charge >= 0.3 is 5.97 Å². The molecule has 2 aromatic rings. The molecule has 0 radical (unpaired) electrons. The van der Waals surface area contributed by atoms with Crippen molar-refractivity contribution in [1.82, 2.24) is 14.8 Å². The lowest BCUT2D eigenvalue weighted by molar-refractivity contribution is -0.147. The summed E-state index contributed by atoms with van der Waals surface area (Å²) in [4.78, 5) is 15.2. The molecule has 1 heterocycles. The largest absolute Gasteiger partial charge is 0.479 e. The summed E-state index contributed by atoms with van der Waals surface area (Å²) in [5, 5.41) is 22.7. The highest BCUT2D eigenvalue weighted by molar-refractivity contribution is 5.85. The molecule has 2 N–H and O–H groups in total. The molecule has 0 saturated heterocycles. The third kappa shape index (κ3) is 2.86. The second-order valence-electron chi connectivity index (χ2n) is 3.53. The minimum Gasteiger partial charge on any atom is -0.479 e. The predicted molar refractivity (Wildman–Crippen MR) is 72.8 cm³/mol. The molecule has 0 spiro atoms. The number of hydrogen-bond acceptors (Lipinski definition) is 4. The molecule has 0 aliphatic rings. The zero-order valence-electron chi connectivity index (χ0n) is 9.71. The Balaban J connectivity index is 0.00000162. The van der Waals surface area contributed by atoms with Gasteiger partial charge in [0.1, 0.15) is 12.7 Å². The summed E-state index contributed by atoms with van der Waals surface area (Å²) in [6, 6.07) is 8.45. The molecular weight excluding hydrogens is 293 g/mol. The number of carboxylic acids is 1. The molecule has 6 nitrogen and oxygen atoms in total. The summed E-state index contributed by atoms with van der Waals surface area (Å²) in [7, 11) is 0. The van der Waals surface area contributed by atoms with E-state index in [1.807, 2.05) is 0 Å². The van der Waals surface area contributed by atoms with Gasteiger partial charge in [-0.05, 0) is 5.56 Å². The molecule has 1 aromatic carbocycles. The maximum atomic E-state index is 11.5. The van der Waals surface area contributed by atoms with Crippen molar-refractivity contribution < 1.29 is 15.0 Å². The van der Waals surface area contributed by atoms with E-state index in [9.17, 15) is 15.0 Å². The van der Waals surface area contributed by atoms with Crippen LogP contribution in [0, 0.1) is 0 Å². The van der Waals surface area contributed by atoms with Gasteiger partial charge in [-0.2, -0.15) is 5.10 Å². The van der Waals surface area contributed by atoms with Crippen LogP contribution in [-0.4, -0.2) is 37.6 Å². The number of carboxylic acid groups (broad SMARTS) is 1. The number of aliphatic hydroxyl groups is 1. The van der Waals surface area contributed by atoms with Crippen LogP contribution in [0.15, 0.2) is 43.0 Å². The van der Waals surface area contributed by atoms with E-state index in [1.54, 1.807) is 30.3 Å². The van der Waals surface area contributed by atoms with Crippen molar-refractivity contribution in [3.63, 3.8) is 0 Å². The predicted octanol–water partition coefficient (Wildman–Crippen LogP) is 0.942. The van der Waals surface area contributed by atoms with E-state index >= 15 is 0 Å². The average Bonchev–Trinajstić information content (AvgIpc) is 2.86. The van der Waals surface area contributed by atoms with Gasteiger partial charge in [-0.15, -0.1) is 24.8 Å². The second kappa shape index (κ2) is 7.08. The van der Waals surface area contributed by atoms with Crippen LogP contribution in [-0.2, 0) is 10.3 Å². The fraction of sp³-hybridized carbons (Fsp3) is 0.182. The number of carbonyl (C=O) groups is 1. The van der Waals surface area contributed by atoms with Crippen molar-refractivity contribution in [2.24, 2.45) is 0 Å². The topological polar surface area (TPSA) is 88.2 Å². The number of hydrogen-bond donors (Lipinski definition) is 2. The Morgan fingerprint density at radius 3 is 2.32 bits per heavy atom. The van der Waals surface area contributed by atoms with Gasteiger partial charge in [0.2, 0.25) is 5.54 Å². The smallest absolute Gasteiger partial charge is 0.338 e. The summed E-state index contributed by atoms with van der Waals surface area (Å²) >= 11 is 0. The molecule has 104 valence electrons. The molecule has 19 heavy (non-hydrogen) atoms. The van der Waals surface area contributed by atoms with Gasteiger partial charge in [0.05, 0.1) is 6.61 Å². The Kier molecular flexibility index (Phi) is 6.47. The molecule has 1 atom stereocenters. The minimum atomic E-state index is -1.63. The van der Waals surface area contributed by atoms with Crippen LogP contribution in [0.1, 0.15) is 5.56 Å². The molecule has 0 bridgehead atoms. The van der Waals surface area contributed by atoms with Gasteiger partial charge in [-0.25, -0.2) is 14.5 Å². The Hall–Kier alpha value is -1.63. The number of rotatable bonds is 4. The normalized spacial score (nSPS) is 12.7. The first-order valence-electron chi connectivity index (χ1n) is 4.96. The molecule has 1 aromatic heterocycles. The summed E-state index contributed by atoms with van der Waals surface area (Å²) in [5.74, 6) is -1.18. The molecule has 0 aliphatic carbocycles. The van der Waals surface area contributed by atoms with E-state index in [0.29, 0.717) is 5.56 Å². The first-order chi connectivity index (χ1) is 8.21. The third-order valence-corrected chi connectivity index (χ3v) is 2.64. The third-order valence-electron chi connectivity index (χ3n) is 2.64. The van der Waals surface area contributed by atoms with Crippen molar-refractivity contribution in [3.05, 3.63) is 48.5 Å². The molecule has 2 rings (SSSR count). The Morgan fingerprint density at radius 2 is 1.89 bits per heavy atom. The van der Waals surface area contributed by atoms with Gasteiger partial charge in [0.15, 0.2) is 0 Å². The number of aromatic nitrogens is 3. The van der Waals surface area contributed by atoms with Gasteiger partial charge in [0.25, 0.3) is 0 Å². The zero-order chi connectivity index (χ0) is 12.3. The molecule has 1 unspecified atom stereocenters. The monoisotopic (exact) mass is 305 g/mol. The molecule has 0 fully saturated rings. The van der Waals surface area contributed by atoms with Crippen LogP contribution >= 0.6 is 24.8 Å². The van der Waals surface area contributed by atoms with Gasteiger partial charge in [-0.1, -0.05) is 30.3 Å². The van der Waals surface area contributed by atoms with E-state index in [1.165, 1.54) is 12.7 Å². The first kappa shape index (κ1) is 17.4. The van der Waals surface area contributed by atoms with Crippen molar-refractivity contribution >= 4 is 30.8 Å². The lowest BCUT2D eigenvalue weighted by Crippen LogP contribution is -2.46. The fourth-order valence-electron chi connectivity index (χ4n) is 1.70. The van der Waals surface area contributed by atoms with E-state index in [0.717, 1.165) is 4.68 Å². The Labute approximate surface area is 121 Å². The fourth-order valence-corrected chi connectivity index (χ4v) is 1.70. The average molecular weight is 306 g/mol. The van der Waals surface area contributed by atoms with Gasteiger partial charge in [0, 0.05) is 0 Å². The number of aliphatic hydroxyl groups excluding tert-OH is 1. The van der Waals surface area contributed by atoms with E-state index in [2.05, 4.69) is 10.1 Å². The molecule has 0 saturated carbocycles. The summed E-state index contributed by atoms with van der Waals surface area (Å²) in [6.45, 7) is -0.601. The van der Waals surface area contributed by atoms with Crippen molar-refractivity contribution in [2.45, 2.75) is 5.54 Å². The molecule has 0 amide bonds. The second-order valence-corrected chi connectivity index (χ2v) is 3.53. The van der Waals surface area contributed by atoms with Crippen molar-refractivity contribution in [3.8, 4) is 0 Å². The lowest BCUT2D eigenvalue weighted by atomic mass is 9.91. The van der Waals surface area contributed by atoms with Crippen molar-refractivity contribution in [1.29, 1.82) is 0 Å². The summed E-state index contributed by atoms with van der Waals surface area (Å²) < 4.78 is 1.14. The van der Waals surface area contributed by atoms with Crippen LogP contribution in [0.3, 0.4) is 0 Å². The minimum absolute atomic E-state index is 0. The quantitative estimate of drug-likeness (QED) is 0.878. The zero-order valence-corrected chi connectivity index (χ0v) is 11.3. The highest BCUT2D eigenvalue weighted by atomic mass is 35.5. The molecule has 0 aliphatic heterocycles. The molecular formula is C11H13Cl2N3O3. The lowest BCUT2D eigenvalue weighted by Gasteiger charge is -2.27. The van der Waals surface area contributed by atoms with E-state index in [4.69, 9.17) is 0 Å². The highest BCUT2D eigenvalue weighted by Gasteiger charge is 2.43. The van der Waals surface area contributed by atoms with Crippen molar-refractivity contribution in [2.75, 3.05) is 6.61 Å². The first-order valence-corrected chi connectivity index (χ1v) is 4.96. The van der Waals surface area contributed by atoms with Crippen LogP contribution in [0.5, 0.6) is 0 Å². The Morgan fingerprint density at radius 1 is 1.26 bits per heavy atom. The number of aliphatic carboxylic acids is 1. The van der Waals surface area contributed by atoms with Crippen LogP contribution in [0.4, 0.5) is 0 Å². The van der Waals surface area contributed by atoms with Crippen LogP contribution < -0.4 is 0 Å². The van der Waals surface area contributed by atoms with Crippen LogP contribution in [0.2, 0.25) is 0 Å². The van der Waals surface area contributed by atoms with Gasteiger partial charge < -0.3 is 10.2 Å². The highest BCUT2D eigenvalue weighted by Crippen LogP contribution is 2.25. The maximum Gasteiger partial charge on any atom is 0.338 e. The summed E-state index contributed by atoms with van der Waals surface area (Å²) in [5.41, 5.74) is -1.18. The number of halogens is 2. The maximum absolute atomic E-state index is 11.5. The van der Waals surface area contributed by atoms with Crippen LogP contribution in [0.25, 0.3) is 0 Å². The summed E-state index contributed by atoms with van der Waals surface area (Å²) in [6.07, 6.45) is 2.51. The standard InChI is InChI=1S/C11H11N3O3.2ClH/c15-6-11(10(16)17,14-8-12-7-13-14)9-4-2-1-3-5-9;;/h1-5,7-8,15H,6H2,(H,16,17);2*1H. The van der Waals surface area contributed by atoms with E-state index < -0.39 is 18.1 Å². The molecule has 8 heteroatoms. The van der Waals surface area contributed by atoms with Gasteiger partial charge in [-0.3, -0.25) is 0 Å². The van der Waals surface area contributed by atoms with E-state index in [-0.39, 0.29) is 24.8 Å². The number of nitrogens with zero attached hydrogens (tertiary/aromatic N) is 3.